The lowest BCUT2D eigenvalue weighted by Gasteiger charge is -2.29. The minimum absolute atomic E-state index is 0.0584. The fourth-order valence-electron chi connectivity index (χ4n) is 2.86. The highest BCUT2D eigenvalue weighted by molar-refractivity contribution is 7.19. The van der Waals surface area contributed by atoms with E-state index in [1.165, 1.54) is 22.7 Å². The summed E-state index contributed by atoms with van der Waals surface area (Å²) in [7, 11) is 0. The molecule has 0 unspecified atom stereocenters. The van der Waals surface area contributed by atoms with Crippen LogP contribution < -0.4 is 10.6 Å². The summed E-state index contributed by atoms with van der Waals surface area (Å²) in [5, 5.41) is 17.2. The number of nitriles is 1. The highest BCUT2D eigenvalue weighted by Gasteiger charge is 2.36. The van der Waals surface area contributed by atoms with Gasteiger partial charge in [0.05, 0.1) is 40.9 Å². The Kier molecular flexibility index (Phi) is 6.46. The van der Waals surface area contributed by atoms with Crippen LogP contribution in [0.4, 0.5) is 9.93 Å². The highest BCUT2D eigenvalue weighted by atomic mass is 32.1. The van der Waals surface area contributed by atoms with Crippen LogP contribution in [-0.2, 0) is 16.0 Å². The van der Waals surface area contributed by atoms with Gasteiger partial charge >= 0.3 is 6.03 Å². The second-order valence-electron chi connectivity index (χ2n) is 7.14. The number of aryl methyl sites for hydroxylation is 1. The number of hydrogen-bond acceptors (Lipinski definition) is 8. The van der Waals surface area contributed by atoms with Crippen molar-refractivity contribution in [3.63, 3.8) is 0 Å². The van der Waals surface area contributed by atoms with Gasteiger partial charge < -0.3 is 15.0 Å². The van der Waals surface area contributed by atoms with E-state index in [1.54, 1.807) is 4.90 Å². The molecule has 0 bridgehead atoms. The molecule has 0 spiro atoms. The zero-order valence-corrected chi connectivity index (χ0v) is 18.1. The van der Waals surface area contributed by atoms with Gasteiger partial charge in [-0.05, 0) is 20.8 Å². The summed E-state index contributed by atoms with van der Waals surface area (Å²) < 4.78 is 5.34. The number of nitrogens with one attached hydrogen (secondary N) is 2. The van der Waals surface area contributed by atoms with Crippen molar-refractivity contribution >= 4 is 39.7 Å². The molecular formula is C18H22N6O3S2. The zero-order valence-electron chi connectivity index (χ0n) is 16.4. The number of aromatic nitrogens is 2. The van der Waals surface area contributed by atoms with Crippen LogP contribution in [0.15, 0.2) is 5.38 Å². The third-order valence-corrected chi connectivity index (χ3v) is 6.31. The second kappa shape index (κ2) is 8.86. The van der Waals surface area contributed by atoms with Crippen LogP contribution in [0, 0.1) is 18.3 Å². The highest BCUT2D eigenvalue weighted by Crippen LogP contribution is 2.33. The van der Waals surface area contributed by atoms with Crippen molar-refractivity contribution in [1.29, 1.82) is 5.26 Å². The average Bonchev–Trinajstić information content (AvgIpc) is 3.33. The molecule has 3 rings (SSSR count). The molecule has 0 aromatic carbocycles. The molecule has 0 saturated carbocycles. The van der Waals surface area contributed by atoms with Crippen LogP contribution in [0.3, 0.4) is 0 Å². The summed E-state index contributed by atoms with van der Waals surface area (Å²) in [4.78, 5) is 35.7. The average molecular weight is 435 g/mol. The lowest BCUT2D eigenvalue weighted by Crippen LogP contribution is -2.45. The van der Waals surface area contributed by atoms with Crippen molar-refractivity contribution in [2.75, 3.05) is 25.2 Å². The van der Waals surface area contributed by atoms with Crippen molar-refractivity contribution in [3.8, 4) is 16.6 Å². The fourth-order valence-corrected chi connectivity index (χ4v) is 4.57. The van der Waals surface area contributed by atoms with Gasteiger partial charge in [0, 0.05) is 18.3 Å². The number of carbonyl (C=O) groups excluding carboxylic acids is 2. The van der Waals surface area contributed by atoms with E-state index >= 15 is 0 Å². The number of amides is 3. The first-order chi connectivity index (χ1) is 13.8. The number of nitrogens with zero attached hydrogens (tertiary/aromatic N) is 4. The predicted molar refractivity (Wildman–Crippen MR) is 111 cm³/mol. The number of hydrogen-bond donors (Lipinski definition) is 2. The van der Waals surface area contributed by atoms with Gasteiger partial charge in [0.25, 0.3) is 0 Å². The molecule has 11 heteroatoms. The molecular weight excluding hydrogens is 412 g/mol. The molecule has 29 heavy (non-hydrogen) atoms. The largest absolute Gasteiger partial charge is 0.359 e. The van der Waals surface area contributed by atoms with Crippen molar-refractivity contribution in [3.05, 3.63) is 16.1 Å². The first-order valence-electron chi connectivity index (χ1n) is 9.02. The van der Waals surface area contributed by atoms with Crippen molar-refractivity contribution in [1.82, 2.24) is 20.2 Å². The van der Waals surface area contributed by atoms with Gasteiger partial charge in [0.15, 0.2) is 5.13 Å². The van der Waals surface area contributed by atoms with E-state index in [2.05, 4.69) is 26.7 Å². The topological polar surface area (TPSA) is 120 Å². The molecule has 1 aliphatic rings. The molecule has 0 aliphatic carbocycles. The summed E-state index contributed by atoms with van der Waals surface area (Å²) in [6.07, 6.45) is 0.471. The molecule has 9 nitrogen and oxygen atoms in total. The Morgan fingerprint density at radius 2 is 2.21 bits per heavy atom. The van der Waals surface area contributed by atoms with Crippen LogP contribution in [0.2, 0.25) is 0 Å². The lowest BCUT2D eigenvalue weighted by atomic mass is 10.1. The predicted octanol–water partition coefficient (Wildman–Crippen LogP) is 2.75. The molecule has 0 atom stereocenters. The molecule has 2 aromatic rings. The molecule has 2 aromatic heterocycles. The van der Waals surface area contributed by atoms with E-state index in [0.717, 1.165) is 21.3 Å². The third kappa shape index (κ3) is 5.09. The van der Waals surface area contributed by atoms with E-state index in [4.69, 9.17) is 10.00 Å². The normalized spacial score (nSPS) is 15.2. The first-order valence-corrected chi connectivity index (χ1v) is 10.7. The van der Waals surface area contributed by atoms with Gasteiger partial charge in [0.2, 0.25) is 5.91 Å². The van der Waals surface area contributed by atoms with Gasteiger partial charge in [-0.25, -0.2) is 14.8 Å². The van der Waals surface area contributed by atoms with Gasteiger partial charge in [-0.1, -0.05) is 11.3 Å². The van der Waals surface area contributed by atoms with Crippen LogP contribution in [0.25, 0.3) is 10.6 Å². The number of anilines is 1. The maximum Gasteiger partial charge on any atom is 0.321 e. The van der Waals surface area contributed by atoms with Gasteiger partial charge in [-0.2, -0.15) is 5.26 Å². The molecule has 0 radical (unpaired) electrons. The van der Waals surface area contributed by atoms with Gasteiger partial charge in [-0.3, -0.25) is 10.1 Å². The zero-order chi connectivity index (χ0) is 21.0. The monoisotopic (exact) mass is 434 g/mol. The summed E-state index contributed by atoms with van der Waals surface area (Å²) in [5.41, 5.74) is 1.19. The SMILES string of the molecule is Cc1nc(NC(=O)NCCC(=O)N2COCC2(C)C)sc1-c1csc(CC#N)n1. The maximum atomic E-state index is 12.3. The van der Waals surface area contributed by atoms with E-state index in [9.17, 15) is 9.59 Å². The number of ether oxygens (including phenoxy) is 1. The number of rotatable bonds is 6. The third-order valence-electron chi connectivity index (χ3n) is 4.36. The molecule has 1 aliphatic heterocycles. The summed E-state index contributed by atoms with van der Waals surface area (Å²) in [5.74, 6) is -0.0584. The van der Waals surface area contributed by atoms with E-state index in [-0.39, 0.29) is 37.6 Å². The Balaban J connectivity index is 1.51. The quantitative estimate of drug-likeness (QED) is 0.721. The van der Waals surface area contributed by atoms with Crippen LogP contribution in [0.1, 0.15) is 31.0 Å². The summed E-state index contributed by atoms with van der Waals surface area (Å²) in [6.45, 7) is 6.76. The number of carbonyl (C=O) groups is 2. The lowest BCUT2D eigenvalue weighted by molar-refractivity contribution is -0.135. The minimum atomic E-state index is -0.418. The molecule has 3 heterocycles. The molecule has 2 N–H and O–H groups in total. The van der Waals surface area contributed by atoms with Crippen LogP contribution in [0.5, 0.6) is 0 Å². The van der Waals surface area contributed by atoms with Crippen LogP contribution in [-0.4, -0.2) is 52.2 Å². The Morgan fingerprint density at radius 1 is 1.41 bits per heavy atom. The Bertz CT molecular complexity index is 946. The summed E-state index contributed by atoms with van der Waals surface area (Å²) >= 11 is 2.74. The van der Waals surface area contributed by atoms with Crippen molar-refractivity contribution < 1.29 is 14.3 Å². The minimum Gasteiger partial charge on any atom is -0.359 e. The van der Waals surface area contributed by atoms with Gasteiger partial charge in [0.1, 0.15) is 11.7 Å². The van der Waals surface area contributed by atoms with Crippen molar-refractivity contribution in [2.24, 2.45) is 0 Å². The Morgan fingerprint density at radius 3 is 2.90 bits per heavy atom. The van der Waals surface area contributed by atoms with E-state index < -0.39 is 6.03 Å². The maximum absolute atomic E-state index is 12.3. The molecule has 1 saturated heterocycles. The summed E-state index contributed by atoms with van der Waals surface area (Å²) in [6, 6.07) is 1.66. The van der Waals surface area contributed by atoms with E-state index in [1.807, 2.05) is 26.2 Å². The van der Waals surface area contributed by atoms with Gasteiger partial charge in [-0.15, -0.1) is 11.3 Å². The molecule has 3 amide bonds. The number of urea groups is 1. The second-order valence-corrected chi connectivity index (χ2v) is 9.08. The molecule has 1 fully saturated rings. The fraction of sp³-hybridized carbons (Fsp3) is 0.500. The molecule has 154 valence electrons. The smallest absolute Gasteiger partial charge is 0.321 e. The standard InChI is InChI=1S/C18H22N6O3S2/c1-11-15(12-8-28-13(22-12)4-6-19)29-17(21-11)23-16(26)20-7-5-14(25)24-10-27-9-18(24,2)3/h8H,4-5,7,9-10H2,1-3H3,(H2,20,21,23,26). The Labute approximate surface area is 176 Å². The van der Waals surface area contributed by atoms with Crippen LogP contribution >= 0.6 is 22.7 Å². The first kappa shape index (κ1) is 21.2. The Hall–Kier alpha value is -2.55. The number of thiazole rings is 2. The van der Waals surface area contributed by atoms with Crippen molar-refractivity contribution in [2.45, 2.75) is 39.2 Å². The van der Waals surface area contributed by atoms with E-state index in [0.29, 0.717) is 11.7 Å².